The van der Waals surface area contributed by atoms with Gasteiger partial charge in [-0.25, -0.2) is 0 Å². The molecule has 0 spiro atoms. The Labute approximate surface area is 103 Å². The maximum Gasteiger partial charge on any atom is 0.221 e. The number of rotatable bonds is 9. The SMILES string of the molecule is CNCCC(=O)NCCCOCC1CCCO1. The topological polar surface area (TPSA) is 59.6 Å². The van der Waals surface area contributed by atoms with E-state index >= 15 is 0 Å². The Morgan fingerprint density at radius 1 is 1.47 bits per heavy atom. The summed E-state index contributed by atoms with van der Waals surface area (Å²) in [5.74, 6) is 0.0958. The Kier molecular flexibility index (Phi) is 7.96. The van der Waals surface area contributed by atoms with E-state index in [-0.39, 0.29) is 5.91 Å². The van der Waals surface area contributed by atoms with Crippen molar-refractivity contribution in [3.05, 3.63) is 0 Å². The molecule has 1 heterocycles. The van der Waals surface area contributed by atoms with Crippen molar-refractivity contribution in [1.29, 1.82) is 0 Å². The van der Waals surface area contributed by atoms with E-state index in [1.54, 1.807) is 0 Å². The molecule has 1 saturated heterocycles. The van der Waals surface area contributed by atoms with Gasteiger partial charge in [-0.1, -0.05) is 0 Å². The first-order chi connectivity index (χ1) is 8.33. The minimum atomic E-state index is 0.0958. The molecule has 1 aliphatic rings. The van der Waals surface area contributed by atoms with Gasteiger partial charge in [-0.2, -0.15) is 0 Å². The second-order valence-corrected chi connectivity index (χ2v) is 4.27. The lowest BCUT2D eigenvalue weighted by atomic mass is 10.2. The third-order valence-electron chi connectivity index (χ3n) is 2.72. The van der Waals surface area contributed by atoms with E-state index in [0.29, 0.717) is 32.3 Å². The third-order valence-corrected chi connectivity index (χ3v) is 2.72. The molecule has 1 atom stereocenters. The minimum Gasteiger partial charge on any atom is -0.379 e. The van der Waals surface area contributed by atoms with Crippen LogP contribution in [0.5, 0.6) is 0 Å². The standard InChI is InChI=1S/C12H24N2O3/c1-13-7-5-12(15)14-6-3-8-16-10-11-4-2-9-17-11/h11,13H,2-10H2,1H3,(H,14,15). The largest absolute Gasteiger partial charge is 0.379 e. The molecule has 0 bridgehead atoms. The predicted octanol–water partition coefficient (Wildman–Crippen LogP) is 0.298. The van der Waals surface area contributed by atoms with Crippen LogP contribution in [0.25, 0.3) is 0 Å². The van der Waals surface area contributed by atoms with Crippen molar-refractivity contribution >= 4 is 5.91 Å². The van der Waals surface area contributed by atoms with Crippen LogP contribution in [-0.2, 0) is 14.3 Å². The molecule has 0 aromatic carbocycles. The molecule has 5 nitrogen and oxygen atoms in total. The minimum absolute atomic E-state index is 0.0958. The quantitative estimate of drug-likeness (QED) is 0.573. The van der Waals surface area contributed by atoms with Crippen LogP contribution < -0.4 is 10.6 Å². The fourth-order valence-electron chi connectivity index (χ4n) is 1.72. The summed E-state index contributed by atoms with van der Waals surface area (Å²) in [5, 5.41) is 5.80. The first-order valence-corrected chi connectivity index (χ1v) is 6.43. The lowest BCUT2D eigenvalue weighted by Gasteiger charge is -2.10. The van der Waals surface area contributed by atoms with Crippen LogP contribution in [0.4, 0.5) is 0 Å². The van der Waals surface area contributed by atoms with Gasteiger partial charge in [-0.15, -0.1) is 0 Å². The third kappa shape index (κ3) is 7.31. The number of hydrogen-bond donors (Lipinski definition) is 2. The number of hydrogen-bond acceptors (Lipinski definition) is 4. The summed E-state index contributed by atoms with van der Waals surface area (Å²) in [7, 11) is 1.84. The smallest absolute Gasteiger partial charge is 0.221 e. The highest BCUT2D eigenvalue weighted by Gasteiger charge is 2.14. The van der Waals surface area contributed by atoms with Crippen LogP contribution in [0, 0.1) is 0 Å². The maximum absolute atomic E-state index is 11.2. The summed E-state index contributed by atoms with van der Waals surface area (Å²) < 4.78 is 10.9. The van der Waals surface area contributed by atoms with Gasteiger partial charge in [0, 0.05) is 32.7 Å². The first kappa shape index (κ1) is 14.4. The summed E-state index contributed by atoms with van der Waals surface area (Å²) in [6.45, 7) is 3.66. The molecule has 5 heteroatoms. The Balaban J connectivity index is 1.82. The fourth-order valence-corrected chi connectivity index (χ4v) is 1.72. The normalized spacial score (nSPS) is 19.5. The zero-order valence-electron chi connectivity index (χ0n) is 10.7. The molecule has 100 valence electrons. The second kappa shape index (κ2) is 9.39. The number of carbonyl (C=O) groups excluding carboxylic acids is 1. The number of nitrogens with one attached hydrogen (secondary N) is 2. The summed E-state index contributed by atoms with van der Waals surface area (Å²) in [4.78, 5) is 11.2. The van der Waals surface area contributed by atoms with Crippen molar-refractivity contribution in [1.82, 2.24) is 10.6 Å². The van der Waals surface area contributed by atoms with Crippen molar-refractivity contribution < 1.29 is 14.3 Å². The summed E-state index contributed by atoms with van der Waals surface area (Å²) in [6.07, 6.45) is 3.95. The van der Waals surface area contributed by atoms with Crippen LogP contribution in [0.1, 0.15) is 25.7 Å². The average molecular weight is 244 g/mol. The van der Waals surface area contributed by atoms with E-state index in [0.717, 1.165) is 32.4 Å². The van der Waals surface area contributed by atoms with E-state index in [2.05, 4.69) is 10.6 Å². The zero-order valence-corrected chi connectivity index (χ0v) is 10.7. The van der Waals surface area contributed by atoms with Crippen LogP contribution in [-0.4, -0.2) is 52.0 Å². The molecule has 0 aliphatic carbocycles. The van der Waals surface area contributed by atoms with Crippen molar-refractivity contribution in [2.75, 3.05) is 40.0 Å². The van der Waals surface area contributed by atoms with Gasteiger partial charge in [0.15, 0.2) is 0 Å². The molecular formula is C12H24N2O3. The van der Waals surface area contributed by atoms with Crippen LogP contribution >= 0.6 is 0 Å². The highest BCUT2D eigenvalue weighted by molar-refractivity contribution is 5.75. The van der Waals surface area contributed by atoms with Gasteiger partial charge in [-0.05, 0) is 26.3 Å². The molecule has 1 aliphatic heterocycles. The molecular weight excluding hydrogens is 220 g/mol. The lowest BCUT2D eigenvalue weighted by Crippen LogP contribution is -2.28. The van der Waals surface area contributed by atoms with E-state index in [1.165, 1.54) is 0 Å². The van der Waals surface area contributed by atoms with E-state index in [4.69, 9.17) is 9.47 Å². The first-order valence-electron chi connectivity index (χ1n) is 6.43. The second-order valence-electron chi connectivity index (χ2n) is 4.27. The van der Waals surface area contributed by atoms with Crippen LogP contribution in [0.15, 0.2) is 0 Å². The summed E-state index contributed by atoms with van der Waals surface area (Å²) in [6, 6.07) is 0. The van der Waals surface area contributed by atoms with E-state index in [9.17, 15) is 4.79 Å². The van der Waals surface area contributed by atoms with Gasteiger partial charge in [0.05, 0.1) is 12.7 Å². The van der Waals surface area contributed by atoms with E-state index < -0.39 is 0 Å². The van der Waals surface area contributed by atoms with E-state index in [1.807, 2.05) is 7.05 Å². The predicted molar refractivity (Wildman–Crippen MR) is 66.0 cm³/mol. The van der Waals surface area contributed by atoms with Crippen molar-refractivity contribution in [2.24, 2.45) is 0 Å². The molecule has 0 radical (unpaired) electrons. The number of amides is 1. The monoisotopic (exact) mass is 244 g/mol. The van der Waals surface area contributed by atoms with Crippen molar-refractivity contribution in [3.63, 3.8) is 0 Å². The molecule has 1 unspecified atom stereocenters. The van der Waals surface area contributed by atoms with Gasteiger partial charge < -0.3 is 20.1 Å². The van der Waals surface area contributed by atoms with Gasteiger partial charge in [0.25, 0.3) is 0 Å². The molecule has 1 rings (SSSR count). The fraction of sp³-hybridized carbons (Fsp3) is 0.917. The number of carbonyl (C=O) groups is 1. The van der Waals surface area contributed by atoms with Crippen LogP contribution in [0.3, 0.4) is 0 Å². The molecule has 17 heavy (non-hydrogen) atoms. The molecule has 2 N–H and O–H groups in total. The Bertz CT molecular complexity index is 206. The molecule has 0 aromatic rings. The maximum atomic E-state index is 11.2. The molecule has 0 aromatic heterocycles. The Morgan fingerprint density at radius 3 is 3.06 bits per heavy atom. The van der Waals surface area contributed by atoms with Crippen molar-refractivity contribution in [2.45, 2.75) is 31.8 Å². The Morgan fingerprint density at radius 2 is 2.35 bits per heavy atom. The molecule has 1 amide bonds. The molecule has 0 saturated carbocycles. The zero-order chi connectivity index (χ0) is 12.3. The van der Waals surface area contributed by atoms with Crippen molar-refractivity contribution in [3.8, 4) is 0 Å². The van der Waals surface area contributed by atoms with Gasteiger partial charge in [0.1, 0.15) is 0 Å². The van der Waals surface area contributed by atoms with Gasteiger partial charge in [0.2, 0.25) is 5.91 Å². The Hall–Kier alpha value is -0.650. The van der Waals surface area contributed by atoms with Crippen LogP contribution in [0.2, 0.25) is 0 Å². The summed E-state index contributed by atoms with van der Waals surface area (Å²) >= 11 is 0. The van der Waals surface area contributed by atoms with Gasteiger partial charge in [-0.3, -0.25) is 4.79 Å². The van der Waals surface area contributed by atoms with Gasteiger partial charge >= 0.3 is 0 Å². The molecule has 1 fully saturated rings. The highest BCUT2D eigenvalue weighted by atomic mass is 16.5. The average Bonchev–Trinajstić information content (AvgIpc) is 2.84. The lowest BCUT2D eigenvalue weighted by molar-refractivity contribution is -0.121. The number of ether oxygens (including phenoxy) is 2. The summed E-state index contributed by atoms with van der Waals surface area (Å²) in [5.41, 5.74) is 0. The highest BCUT2D eigenvalue weighted by Crippen LogP contribution is 2.11.